The Balaban J connectivity index is 2.86. The zero-order chi connectivity index (χ0) is 12.1. The van der Waals surface area contributed by atoms with Crippen LogP contribution in [0.25, 0.3) is 0 Å². The molecule has 0 aliphatic heterocycles. The van der Waals surface area contributed by atoms with Crippen LogP contribution in [0.2, 0.25) is 0 Å². The van der Waals surface area contributed by atoms with Crippen LogP contribution >= 0.6 is 0 Å². The van der Waals surface area contributed by atoms with Gasteiger partial charge in [-0.3, -0.25) is 9.59 Å². The minimum atomic E-state index is -0.221. The van der Waals surface area contributed by atoms with Gasteiger partial charge < -0.3 is 15.2 Å². The lowest BCUT2D eigenvalue weighted by molar-refractivity contribution is -0.118. The Morgan fingerprint density at radius 1 is 1.56 bits per heavy atom. The summed E-state index contributed by atoms with van der Waals surface area (Å²) in [5.74, 6) is 0.000880. The van der Waals surface area contributed by atoms with E-state index in [1.54, 1.807) is 10.8 Å². The number of hydrogen-bond donors (Lipinski definition) is 2. The molecule has 0 saturated carbocycles. The molecule has 0 saturated heterocycles. The van der Waals surface area contributed by atoms with Crippen molar-refractivity contribution in [3.05, 3.63) is 22.7 Å². The number of carbonyl (C=O) groups excluding carboxylic acids is 1. The van der Waals surface area contributed by atoms with Crippen LogP contribution in [-0.2, 0) is 4.79 Å². The van der Waals surface area contributed by atoms with Gasteiger partial charge in [-0.1, -0.05) is 0 Å². The predicted octanol–water partition coefficient (Wildman–Crippen LogP) is -0.0179. The van der Waals surface area contributed by atoms with E-state index in [2.05, 4.69) is 15.6 Å². The lowest BCUT2D eigenvalue weighted by Gasteiger charge is -2.11. The van der Waals surface area contributed by atoms with Crippen LogP contribution < -0.4 is 16.2 Å². The average Bonchev–Trinajstić information content (AvgIpc) is 2.26. The molecule has 1 aromatic heterocycles. The summed E-state index contributed by atoms with van der Waals surface area (Å²) in [6.45, 7) is 3.86. The number of rotatable bonds is 4. The highest BCUT2D eigenvalue weighted by atomic mass is 16.2. The molecule has 88 valence electrons. The molecule has 1 amide bonds. The van der Waals surface area contributed by atoms with Gasteiger partial charge in [0.2, 0.25) is 5.91 Å². The number of aromatic nitrogens is 2. The van der Waals surface area contributed by atoms with Gasteiger partial charge in [0.1, 0.15) is 0 Å². The van der Waals surface area contributed by atoms with Crippen LogP contribution in [0, 0.1) is 0 Å². The molecule has 0 bridgehead atoms. The molecule has 6 heteroatoms. The number of amides is 1. The smallest absolute Gasteiger partial charge is 0.293 e. The fourth-order valence-electron chi connectivity index (χ4n) is 1.21. The lowest BCUT2D eigenvalue weighted by atomic mass is 10.4. The van der Waals surface area contributed by atoms with E-state index < -0.39 is 0 Å². The number of nitrogens with zero attached hydrogens (tertiary/aromatic N) is 2. The molecule has 1 heterocycles. The van der Waals surface area contributed by atoms with Crippen molar-refractivity contribution in [3.63, 3.8) is 0 Å². The summed E-state index contributed by atoms with van der Waals surface area (Å²) in [7, 11) is 1.54. The van der Waals surface area contributed by atoms with Crippen LogP contribution in [0.4, 0.5) is 5.82 Å². The van der Waals surface area contributed by atoms with Gasteiger partial charge in [0.15, 0.2) is 5.82 Å². The van der Waals surface area contributed by atoms with E-state index >= 15 is 0 Å². The topological polar surface area (TPSA) is 76.0 Å². The third-order valence-electron chi connectivity index (χ3n) is 2.12. The highest BCUT2D eigenvalue weighted by molar-refractivity contribution is 5.79. The van der Waals surface area contributed by atoms with Crippen molar-refractivity contribution in [3.8, 4) is 0 Å². The number of nitrogens with one attached hydrogen (secondary N) is 2. The van der Waals surface area contributed by atoms with Gasteiger partial charge in [-0.2, -0.15) is 0 Å². The van der Waals surface area contributed by atoms with Crippen LogP contribution in [0.3, 0.4) is 0 Å². The first-order valence-electron chi connectivity index (χ1n) is 5.08. The molecule has 0 aliphatic carbocycles. The van der Waals surface area contributed by atoms with Crippen LogP contribution in [-0.4, -0.2) is 29.1 Å². The van der Waals surface area contributed by atoms with Crippen molar-refractivity contribution < 1.29 is 4.79 Å². The quantitative estimate of drug-likeness (QED) is 0.753. The van der Waals surface area contributed by atoms with E-state index in [0.29, 0.717) is 0 Å². The van der Waals surface area contributed by atoms with Gasteiger partial charge in [-0.25, -0.2) is 4.98 Å². The summed E-state index contributed by atoms with van der Waals surface area (Å²) < 4.78 is 1.55. The Labute approximate surface area is 93.7 Å². The highest BCUT2D eigenvalue weighted by Crippen LogP contribution is 2.00. The standard InChI is InChI=1S/C10H16N4O2/c1-7(2)14-5-4-12-9(10(14)16)13-6-8(15)11-3/h4-5,7H,6H2,1-3H3,(H,11,15)(H,12,13). The second-order valence-corrected chi connectivity index (χ2v) is 3.61. The summed E-state index contributed by atoms with van der Waals surface area (Å²) in [4.78, 5) is 26.7. The maximum absolute atomic E-state index is 11.8. The highest BCUT2D eigenvalue weighted by Gasteiger charge is 2.07. The zero-order valence-electron chi connectivity index (χ0n) is 9.65. The molecule has 0 aliphatic rings. The fraction of sp³-hybridized carbons (Fsp3) is 0.500. The molecule has 2 N–H and O–H groups in total. The number of anilines is 1. The maximum Gasteiger partial charge on any atom is 0.293 e. The van der Waals surface area contributed by atoms with E-state index in [-0.39, 0.29) is 29.9 Å². The first-order valence-corrected chi connectivity index (χ1v) is 5.08. The summed E-state index contributed by atoms with van der Waals surface area (Å²) in [6.07, 6.45) is 3.16. The number of carbonyl (C=O) groups is 1. The summed E-state index contributed by atoms with van der Waals surface area (Å²) >= 11 is 0. The number of hydrogen-bond acceptors (Lipinski definition) is 4. The van der Waals surface area contributed by atoms with Crippen LogP contribution in [0.5, 0.6) is 0 Å². The van der Waals surface area contributed by atoms with Crippen molar-refractivity contribution in [1.29, 1.82) is 0 Å². The van der Waals surface area contributed by atoms with Gasteiger partial charge in [0.05, 0.1) is 6.54 Å². The molecule has 1 rings (SSSR count). The maximum atomic E-state index is 11.8. The van der Waals surface area contributed by atoms with Crippen molar-refractivity contribution >= 4 is 11.7 Å². The molecule has 0 aromatic carbocycles. The second-order valence-electron chi connectivity index (χ2n) is 3.61. The average molecular weight is 224 g/mol. The van der Waals surface area contributed by atoms with Gasteiger partial charge >= 0.3 is 0 Å². The molecule has 6 nitrogen and oxygen atoms in total. The molecule has 0 spiro atoms. The number of likely N-dealkylation sites (N-methyl/N-ethyl adjacent to an activating group) is 1. The summed E-state index contributed by atoms with van der Waals surface area (Å²) in [6, 6.07) is 0.0658. The minimum absolute atomic E-state index is 0.0425. The van der Waals surface area contributed by atoms with Gasteiger partial charge in [0, 0.05) is 25.5 Å². The third kappa shape index (κ3) is 2.82. The molecule has 0 unspecified atom stereocenters. The van der Waals surface area contributed by atoms with Gasteiger partial charge in [0.25, 0.3) is 5.56 Å². The van der Waals surface area contributed by atoms with Gasteiger partial charge in [-0.05, 0) is 13.8 Å². The fourth-order valence-corrected chi connectivity index (χ4v) is 1.21. The lowest BCUT2D eigenvalue weighted by Crippen LogP contribution is -2.31. The zero-order valence-corrected chi connectivity index (χ0v) is 9.65. The Bertz CT molecular complexity index is 425. The molecular weight excluding hydrogens is 208 g/mol. The van der Waals surface area contributed by atoms with Gasteiger partial charge in [-0.15, -0.1) is 0 Å². The van der Waals surface area contributed by atoms with E-state index in [9.17, 15) is 9.59 Å². The Morgan fingerprint density at radius 2 is 2.25 bits per heavy atom. The molecule has 1 aromatic rings. The minimum Gasteiger partial charge on any atom is -0.358 e. The van der Waals surface area contributed by atoms with Crippen LogP contribution in [0.1, 0.15) is 19.9 Å². The van der Waals surface area contributed by atoms with E-state index in [4.69, 9.17) is 0 Å². The van der Waals surface area contributed by atoms with Crippen molar-refractivity contribution in [1.82, 2.24) is 14.9 Å². The van der Waals surface area contributed by atoms with Crippen molar-refractivity contribution in [2.24, 2.45) is 0 Å². The Kier molecular flexibility index (Phi) is 4.04. The molecule has 0 fully saturated rings. The third-order valence-corrected chi connectivity index (χ3v) is 2.12. The van der Waals surface area contributed by atoms with Crippen molar-refractivity contribution in [2.45, 2.75) is 19.9 Å². The summed E-state index contributed by atoms with van der Waals surface area (Å²) in [5, 5.41) is 5.16. The summed E-state index contributed by atoms with van der Waals surface area (Å²) in [5.41, 5.74) is -0.221. The van der Waals surface area contributed by atoms with E-state index in [0.717, 1.165) is 0 Å². The van der Waals surface area contributed by atoms with E-state index in [1.165, 1.54) is 13.2 Å². The first-order chi connectivity index (χ1) is 7.56. The van der Waals surface area contributed by atoms with Crippen LogP contribution in [0.15, 0.2) is 17.2 Å². The second kappa shape index (κ2) is 5.29. The molecule has 0 atom stereocenters. The molecule has 16 heavy (non-hydrogen) atoms. The first kappa shape index (κ1) is 12.2. The largest absolute Gasteiger partial charge is 0.358 e. The molecule has 0 radical (unpaired) electrons. The van der Waals surface area contributed by atoms with E-state index in [1.807, 2.05) is 13.8 Å². The normalized spacial score (nSPS) is 10.2. The van der Waals surface area contributed by atoms with Crippen molar-refractivity contribution in [2.75, 3.05) is 18.9 Å². The monoisotopic (exact) mass is 224 g/mol. The molecular formula is C10H16N4O2. The Morgan fingerprint density at radius 3 is 2.81 bits per heavy atom. The Hall–Kier alpha value is -1.85. The predicted molar refractivity (Wildman–Crippen MR) is 61.4 cm³/mol. The SMILES string of the molecule is CNC(=O)CNc1nccn(C(C)C)c1=O.